The van der Waals surface area contributed by atoms with Crippen molar-refractivity contribution in [1.29, 1.82) is 0 Å². The lowest BCUT2D eigenvalue weighted by Crippen LogP contribution is -2.29. The van der Waals surface area contributed by atoms with Crippen molar-refractivity contribution in [3.63, 3.8) is 0 Å². The number of benzene rings is 3. The number of aliphatic hydroxyl groups excluding tert-OH is 1. The normalized spacial score (nSPS) is 17.3. The highest BCUT2D eigenvalue weighted by Gasteiger charge is 2.47. The minimum atomic E-state index is -0.937. The summed E-state index contributed by atoms with van der Waals surface area (Å²) in [5, 5.41) is 11.1. The van der Waals surface area contributed by atoms with Gasteiger partial charge in [0.1, 0.15) is 23.1 Å². The van der Waals surface area contributed by atoms with Crippen LogP contribution in [0.25, 0.3) is 5.76 Å². The van der Waals surface area contributed by atoms with Gasteiger partial charge in [-0.3, -0.25) is 14.5 Å². The number of hydrogen-bond acceptors (Lipinski definition) is 5. The zero-order valence-corrected chi connectivity index (χ0v) is 19.0. The van der Waals surface area contributed by atoms with Gasteiger partial charge in [-0.05, 0) is 67.9 Å². The quantitative estimate of drug-likeness (QED) is 0.308. The third-order valence-electron chi connectivity index (χ3n) is 5.44. The van der Waals surface area contributed by atoms with Gasteiger partial charge in [0.15, 0.2) is 0 Å². The van der Waals surface area contributed by atoms with Crippen molar-refractivity contribution >= 4 is 23.1 Å². The second kappa shape index (κ2) is 9.39. The largest absolute Gasteiger partial charge is 0.507 e. The number of aliphatic hydroxyl groups is 1. The van der Waals surface area contributed by atoms with Crippen LogP contribution < -0.4 is 14.4 Å². The van der Waals surface area contributed by atoms with E-state index in [0.29, 0.717) is 22.7 Å². The van der Waals surface area contributed by atoms with Crippen LogP contribution in [-0.2, 0) is 9.59 Å². The lowest BCUT2D eigenvalue weighted by Gasteiger charge is -2.26. The van der Waals surface area contributed by atoms with Crippen molar-refractivity contribution < 1.29 is 28.6 Å². The van der Waals surface area contributed by atoms with Crippen molar-refractivity contribution in [3.8, 4) is 11.5 Å². The summed E-state index contributed by atoms with van der Waals surface area (Å²) in [5.41, 5.74) is 1.13. The molecule has 3 aromatic rings. The van der Waals surface area contributed by atoms with Gasteiger partial charge >= 0.3 is 0 Å². The van der Waals surface area contributed by atoms with E-state index < -0.39 is 23.5 Å². The molecule has 1 atom stereocenters. The number of halogens is 1. The molecular weight excluding hydrogens is 437 g/mol. The summed E-state index contributed by atoms with van der Waals surface area (Å²) in [4.78, 5) is 27.8. The number of anilines is 1. The van der Waals surface area contributed by atoms with E-state index in [9.17, 15) is 19.1 Å². The van der Waals surface area contributed by atoms with Crippen LogP contribution in [0.3, 0.4) is 0 Å². The summed E-state index contributed by atoms with van der Waals surface area (Å²) in [6.07, 6.45) is -0.0841. The van der Waals surface area contributed by atoms with Crippen LogP contribution in [0.4, 0.5) is 10.1 Å². The molecule has 1 fully saturated rings. The first-order chi connectivity index (χ1) is 16.3. The number of ether oxygens (including phenoxy) is 2. The highest BCUT2D eigenvalue weighted by molar-refractivity contribution is 6.51. The molecule has 1 heterocycles. The Balaban J connectivity index is 1.93. The monoisotopic (exact) mass is 461 g/mol. The molecular formula is C27H24FNO5. The van der Waals surface area contributed by atoms with Gasteiger partial charge in [0.05, 0.1) is 24.8 Å². The second-order valence-electron chi connectivity index (χ2n) is 8.12. The molecule has 1 amide bonds. The van der Waals surface area contributed by atoms with Gasteiger partial charge in [0.25, 0.3) is 11.7 Å². The fourth-order valence-electron chi connectivity index (χ4n) is 3.97. The van der Waals surface area contributed by atoms with E-state index in [-0.39, 0.29) is 23.0 Å². The Morgan fingerprint density at radius 1 is 0.971 bits per heavy atom. The van der Waals surface area contributed by atoms with Crippen molar-refractivity contribution in [1.82, 2.24) is 0 Å². The lowest BCUT2D eigenvalue weighted by molar-refractivity contribution is -0.132. The zero-order valence-electron chi connectivity index (χ0n) is 19.0. The Kier molecular flexibility index (Phi) is 6.36. The molecule has 1 aliphatic heterocycles. The lowest BCUT2D eigenvalue weighted by atomic mass is 9.95. The molecule has 6 nitrogen and oxygen atoms in total. The van der Waals surface area contributed by atoms with Crippen LogP contribution in [0, 0.1) is 5.82 Å². The maximum Gasteiger partial charge on any atom is 0.300 e. The smallest absolute Gasteiger partial charge is 0.300 e. The summed E-state index contributed by atoms with van der Waals surface area (Å²) in [7, 11) is 1.51. The van der Waals surface area contributed by atoms with Gasteiger partial charge in [0, 0.05) is 17.3 Å². The van der Waals surface area contributed by atoms with E-state index in [0.717, 1.165) is 0 Å². The van der Waals surface area contributed by atoms with Gasteiger partial charge in [0.2, 0.25) is 0 Å². The third kappa shape index (κ3) is 4.37. The SMILES string of the molecule is COc1cccc(N2C(=O)C(=O)/C(=C(/O)c3ccc(F)cc3)C2c2cccc(OC(C)C)c2)c1. The molecule has 1 aliphatic rings. The van der Waals surface area contributed by atoms with Crippen LogP contribution in [0.15, 0.2) is 78.4 Å². The molecule has 174 valence electrons. The average molecular weight is 461 g/mol. The fourth-order valence-corrected chi connectivity index (χ4v) is 3.97. The van der Waals surface area contributed by atoms with E-state index in [1.807, 2.05) is 13.8 Å². The molecule has 0 aromatic heterocycles. The minimum Gasteiger partial charge on any atom is -0.507 e. The molecule has 0 radical (unpaired) electrons. The number of methoxy groups -OCH3 is 1. The van der Waals surface area contributed by atoms with Gasteiger partial charge in [-0.15, -0.1) is 0 Å². The Morgan fingerprint density at radius 2 is 1.65 bits per heavy atom. The molecule has 1 saturated heterocycles. The standard InChI is InChI=1S/C27H24FNO5/c1-16(2)34-22-9-4-6-18(14-22)24-23(25(30)17-10-12-19(28)13-11-17)26(31)27(32)29(24)20-7-5-8-21(15-20)33-3/h4-16,24,30H,1-3H3/b25-23+. The second-order valence-corrected chi connectivity index (χ2v) is 8.12. The topological polar surface area (TPSA) is 76.1 Å². The molecule has 0 aliphatic carbocycles. The first kappa shape index (κ1) is 23.0. The number of rotatable bonds is 6. The molecule has 7 heteroatoms. The van der Waals surface area contributed by atoms with Crippen LogP contribution >= 0.6 is 0 Å². The Bertz CT molecular complexity index is 1270. The number of ketones is 1. The third-order valence-corrected chi connectivity index (χ3v) is 5.44. The number of carbonyl (C=O) groups is 2. The first-order valence-electron chi connectivity index (χ1n) is 10.8. The summed E-state index contributed by atoms with van der Waals surface area (Å²) >= 11 is 0. The predicted molar refractivity (Wildman–Crippen MR) is 126 cm³/mol. The number of carbonyl (C=O) groups excluding carboxylic acids is 2. The number of amides is 1. The summed E-state index contributed by atoms with van der Waals surface area (Å²) in [5.74, 6) is -1.44. The van der Waals surface area contributed by atoms with Gasteiger partial charge in [-0.25, -0.2) is 4.39 Å². The molecule has 1 unspecified atom stereocenters. The van der Waals surface area contributed by atoms with Crippen molar-refractivity contribution in [3.05, 3.63) is 95.3 Å². The Hall–Kier alpha value is -4.13. The van der Waals surface area contributed by atoms with E-state index in [2.05, 4.69) is 0 Å². The highest BCUT2D eigenvalue weighted by Crippen LogP contribution is 2.43. The van der Waals surface area contributed by atoms with Crippen molar-refractivity contribution in [2.24, 2.45) is 0 Å². The number of hydrogen-bond donors (Lipinski definition) is 1. The average Bonchev–Trinajstić information content (AvgIpc) is 3.09. The van der Waals surface area contributed by atoms with Crippen LogP contribution in [-0.4, -0.2) is 30.0 Å². The van der Waals surface area contributed by atoms with Crippen LogP contribution in [0.2, 0.25) is 0 Å². The van der Waals surface area contributed by atoms with E-state index in [1.165, 1.54) is 36.3 Å². The van der Waals surface area contributed by atoms with Crippen LogP contribution in [0.5, 0.6) is 11.5 Å². The van der Waals surface area contributed by atoms with E-state index >= 15 is 0 Å². The number of nitrogens with zero attached hydrogens (tertiary/aromatic N) is 1. The molecule has 34 heavy (non-hydrogen) atoms. The van der Waals surface area contributed by atoms with Gasteiger partial charge < -0.3 is 14.6 Å². The van der Waals surface area contributed by atoms with Gasteiger partial charge in [-0.1, -0.05) is 18.2 Å². The van der Waals surface area contributed by atoms with Crippen molar-refractivity contribution in [2.45, 2.75) is 26.0 Å². The van der Waals surface area contributed by atoms with E-state index in [4.69, 9.17) is 9.47 Å². The molecule has 0 bridgehead atoms. The summed E-state index contributed by atoms with van der Waals surface area (Å²) < 4.78 is 24.6. The van der Waals surface area contributed by atoms with E-state index in [1.54, 1.807) is 48.5 Å². The molecule has 1 N–H and O–H groups in total. The van der Waals surface area contributed by atoms with Crippen molar-refractivity contribution in [2.75, 3.05) is 12.0 Å². The fraction of sp³-hybridized carbons (Fsp3) is 0.185. The summed E-state index contributed by atoms with van der Waals surface area (Å²) in [6, 6.07) is 17.9. The highest BCUT2D eigenvalue weighted by atomic mass is 19.1. The Labute approximate surface area is 196 Å². The minimum absolute atomic E-state index is 0.0841. The first-order valence-corrected chi connectivity index (χ1v) is 10.8. The maximum absolute atomic E-state index is 13.5. The Morgan fingerprint density at radius 3 is 2.32 bits per heavy atom. The molecule has 3 aromatic carbocycles. The predicted octanol–water partition coefficient (Wildman–Crippen LogP) is 5.25. The number of Topliss-reactive ketones (excluding diaryl/α,β-unsaturated/α-hetero) is 1. The summed E-state index contributed by atoms with van der Waals surface area (Å²) in [6.45, 7) is 3.78. The molecule has 4 rings (SSSR count). The zero-order chi connectivity index (χ0) is 24.4. The van der Waals surface area contributed by atoms with Gasteiger partial charge in [-0.2, -0.15) is 0 Å². The van der Waals surface area contributed by atoms with Crippen LogP contribution in [0.1, 0.15) is 31.0 Å². The molecule has 0 saturated carbocycles. The molecule has 0 spiro atoms. The maximum atomic E-state index is 13.5.